The van der Waals surface area contributed by atoms with E-state index in [4.69, 9.17) is 9.47 Å². The van der Waals surface area contributed by atoms with E-state index >= 15 is 0 Å². The molecule has 0 radical (unpaired) electrons. The van der Waals surface area contributed by atoms with E-state index in [-0.39, 0.29) is 18.8 Å². The Balaban J connectivity index is 4.01. The Morgan fingerprint density at radius 2 is 1.29 bits per heavy atom. The highest BCUT2D eigenvalue weighted by atomic mass is 16.6. The summed E-state index contributed by atoms with van der Waals surface area (Å²) in [5, 5.41) is 0. The number of esters is 2. The van der Waals surface area contributed by atoms with Crippen LogP contribution in [0.2, 0.25) is 0 Å². The lowest BCUT2D eigenvalue weighted by molar-refractivity contribution is -0.146. The molecule has 0 spiro atoms. The van der Waals surface area contributed by atoms with Crippen molar-refractivity contribution < 1.29 is 19.1 Å². The van der Waals surface area contributed by atoms with Crippen molar-refractivity contribution in [3.63, 3.8) is 0 Å². The van der Waals surface area contributed by atoms with Crippen molar-refractivity contribution in [2.24, 2.45) is 0 Å². The van der Waals surface area contributed by atoms with Gasteiger partial charge in [0, 0.05) is 39.3 Å². The molecular formula is C22H32N2O4. The molecule has 0 amide bonds. The molecule has 0 unspecified atom stereocenters. The second-order valence-corrected chi connectivity index (χ2v) is 6.50. The molecule has 0 bridgehead atoms. The standard InChI is InChI=1S/C22H32N2O4/c1-8-17(20(23(4)5)24(6)7)18(16-14-12-11-13-15-16)19(21(25)27-9-2)22(26)28-10-3/h11-15H,8-10H2,1-7H3. The smallest absolute Gasteiger partial charge is 0.346 e. The lowest BCUT2D eigenvalue weighted by atomic mass is 9.90. The number of benzene rings is 1. The van der Waals surface area contributed by atoms with Gasteiger partial charge < -0.3 is 19.3 Å². The number of carbonyl (C=O) groups excluding carboxylic acids is 2. The molecule has 1 aromatic rings. The van der Waals surface area contributed by atoms with Gasteiger partial charge in [0.2, 0.25) is 0 Å². The number of hydrogen-bond acceptors (Lipinski definition) is 6. The summed E-state index contributed by atoms with van der Waals surface area (Å²) in [6.45, 7) is 5.76. The molecule has 0 fully saturated rings. The van der Waals surface area contributed by atoms with Gasteiger partial charge in [0.05, 0.1) is 13.2 Å². The van der Waals surface area contributed by atoms with Crippen LogP contribution in [-0.2, 0) is 19.1 Å². The van der Waals surface area contributed by atoms with Gasteiger partial charge in [-0.15, -0.1) is 0 Å². The third-order valence-electron chi connectivity index (χ3n) is 4.04. The number of ether oxygens (including phenoxy) is 2. The topological polar surface area (TPSA) is 59.1 Å². The molecule has 1 aromatic carbocycles. The summed E-state index contributed by atoms with van der Waals surface area (Å²) in [6.07, 6.45) is 0.609. The molecular weight excluding hydrogens is 356 g/mol. The molecule has 6 nitrogen and oxygen atoms in total. The van der Waals surface area contributed by atoms with E-state index in [9.17, 15) is 9.59 Å². The van der Waals surface area contributed by atoms with Crippen molar-refractivity contribution in [2.45, 2.75) is 27.2 Å². The monoisotopic (exact) mass is 388 g/mol. The predicted molar refractivity (Wildman–Crippen MR) is 111 cm³/mol. The Bertz CT molecular complexity index is 704. The first-order chi connectivity index (χ1) is 13.3. The Morgan fingerprint density at radius 1 is 0.821 bits per heavy atom. The minimum atomic E-state index is -0.678. The van der Waals surface area contributed by atoms with E-state index in [1.165, 1.54) is 0 Å². The number of allylic oxidation sites excluding steroid dienone is 2. The maximum Gasteiger partial charge on any atom is 0.346 e. The van der Waals surface area contributed by atoms with E-state index < -0.39 is 11.9 Å². The normalized spacial score (nSPS) is 9.96. The molecule has 28 heavy (non-hydrogen) atoms. The molecule has 1 rings (SSSR count). The molecule has 0 aliphatic carbocycles. The maximum atomic E-state index is 12.8. The lowest BCUT2D eigenvalue weighted by Gasteiger charge is -2.30. The van der Waals surface area contributed by atoms with Gasteiger partial charge in [-0.05, 0) is 25.8 Å². The molecule has 0 N–H and O–H groups in total. The molecule has 0 aliphatic rings. The van der Waals surface area contributed by atoms with Gasteiger partial charge in [0.25, 0.3) is 0 Å². The van der Waals surface area contributed by atoms with Crippen molar-refractivity contribution in [3.8, 4) is 0 Å². The number of hydrogen-bond donors (Lipinski definition) is 0. The predicted octanol–water partition coefficient (Wildman–Crippen LogP) is 3.31. The zero-order valence-electron chi connectivity index (χ0n) is 18.0. The van der Waals surface area contributed by atoms with E-state index in [0.717, 1.165) is 17.0 Å². The Labute approximate surface area is 168 Å². The average Bonchev–Trinajstić information content (AvgIpc) is 2.64. The fourth-order valence-electron chi connectivity index (χ4n) is 3.15. The van der Waals surface area contributed by atoms with E-state index in [0.29, 0.717) is 12.0 Å². The highest BCUT2D eigenvalue weighted by Crippen LogP contribution is 2.33. The van der Waals surface area contributed by atoms with Gasteiger partial charge in [-0.2, -0.15) is 0 Å². The molecule has 154 valence electrons. The van der Waals surface area contributed by atoms with Gasteiger partial charge in [0.15, 0.2) is 5.57 Å². The lowest BCUT2D eigenvalue weighted by Crippen LogP contribution is -2.28. The summed E-state index contributed by atoms with van der Waals surface area (Å²) < 4.78 is 10.4. The minimum Gasteiger partial charge on any atom is -0.462 e. The third-order valence-corrected chi connectivity index (χ3v) is 4.04. The highest BCUT2D eigenvalue weighted by Gasteiger charge is 2.30. The summed E-state index contributed by atoms with van der Waals surface area (Å²) >= 11 is 0. The van der Waals surface area contributed by atoms with Gasteiger partial charge >= 0.3 is 11.9 Å². The highest BCUT2D eigenvalue weighted by molar-refractivity contribution is 6.21. The molecule has 6 heteroatoms. The zero-order chi connectivity index (χ0) is 21.3. The molecule has 0 saturated heterocycles. The molecule has 0 atom stereocenters. The minimum absolute atomic E-state index is 0.0760. The fraction of sp³-hybridized carbons (Fsp3) is 0.455. The average molecular weight is 389 g/mol. The van der Waals surface area contributed by atoms with Crippen molar-refractivity contribution in [1.29, 1.82) is 0 Å². The zero-order valence-corrected chi connectivity index (χ0v) is 18.0. The van der Waals surface area contributed by atoms with Crippen molar-refractivity contribution in [1.82, 2.24) is 9.80 Å². The van der Waals surface area contributed by atoms with Crippen LogP contribution in [-0.4, -0.2) is 63.1 Å². The fourth-order valence-corrected chi connectivity index (χ4v) is 3.15. The van der Waals surface area contributed by atoms with Crippen LogP contribution in [0.1, 0.15) is 32.8 Å². The number of carbonyl (C=O) groups is 2. The largest absolute Gasteiger partial charge is 0.462 e. The van der Waals surface area contributed by atoms with Crippen molar-refractivity contribution >= 4 is 17.5 Å². The number of rotatable bonds is 9. The third kappa shape index (κ3) is 5.62. The Hall–Kier alpha value is -2.76. The Morgan fingerprint density at radius 3 is 1.64 bits per heavy atom. The molecule has 0 aromatic heterocycles. The van der Waals surface area contributed by atoms with Crippen LogP contribution in [0.15, 0.2) is 47.3 Å². The Kier molecular flexibility index (Phi) is 9.28. The van der Waals surface area contributed by atoms with Gasteiger partial charge in [-0.25, -0.2) is 9.59 Å². The van der Waals surface area contributed by atoms with Crippen LogP contribution in [0.25, 0.3) is 5.57 Å². The first kappa shape index (κ1) is 23.3. The SMILES string of the molecule is CCOC(=O)C(C(=O)OCC)=C(C(CC)=C(N(C)C)N(C)C)c1ccccc1. The van der Waals surface area contributed by atoms with Crippen molar-refractivity contribution in [3.05, 3.63) is 52.9 Å². The summed E-state index contributed by atoms with van der Waals surface area (Å²) in [4.78, 5) is 29.6. The van der Waals surface area contributed by atoms with Crippen LogP contribution in [0, 0.1) is 0 Å². The van der Waals surface area contributed by atoms with Crippen LogP contribution < -0.4 is 0 Å². The maximum absolute atomic E-state index is 12.8. The van der Waals surface area contributed by atoms with Crippen LogP contribution in [0.3, 0.4) is 0 Å². The summed E-state index contributed by atoms with van der Waals surface area (Å²) in [5.74, 6) is -0.460. The quantitative estimate of drug-likeness (QED) is 0.213. The first-order valence-electron chi connectivity index (χ1n) is 9.52. The first-order valence-corrected chi connectivity index (χ1v) is 9.52. The second-order valence-electron chi connectivity index (χ2n) is 6.50. The molecule has 0 saturated carbocycles. The van der Waals surface area contributed by atoms with E-state index in [1.54, 1.807) is 13.8 Å². The van der Waals surface area contributed by atoms with Gasteiger partial charge in [-0.3, -0.25) is 0 Å². The van der Waals surface area contributed by atoms with Crippen LogP contribution in [0.4, 0.5) is 0 Å². The second kappa shape index (κ2) is 11.2. The summed E-state index contributed by atoms with van der Waals surface area (Å²) in [7, 11) is 7.73. The van der Waals surface area contributed by atoms with Crippen LogP contribution in [0.5, 0.6) is 0 Å². The van der Waals surface area contributed by atoms with Gasteiger partial charge in [0.1, 0.15) is 5.82 Å². The van der Waals surface area contributed by atoms with Crippen LogP contribution >= 0.6 is 0 Å². The van der Waals surface area contributed by atoms with Gasteiger partial charge in [-0.1, -0.05) is 37.3 Å². The van der Waals surface area contributed by atoms with E-state index in [2.05, 4.69) is 0 Å². The summed E-state index contributed by atoms with van der Waals surface area (Å²) in [6, 6.07) is 9.41. The van der Waals surface area contributed by atoms with Crippen molar-refractivity contribution in [2.75, 3.05) is 41.4 Å². The van der Waals surface area contributed by atoms with E-state index in [1.807, 2.05) is 75.2 Å². The molecule has 0 heterocycles. The summed E-state index contributed by atoms with van der Waals surface area (Å²) in [5.41, 5.74) is 2.08. The molecule has 0 aliphatic heterocycles. The number of nitrogens with zero attached hydrogens (tertiary/aromatic N) is 2.